The van der Waals surface area contributed by atoms with Crippen molar-refractivity contribution in [3.8, 4) is 0 Å². The zero-order chi connectivity index (χ0) is 12.3. The van der Waals surface area contributed by atoms with Crippen molar-refractivity contribution in [1.82, 2.24) is 9.88 Å². The molecule has 90 valence electrons. The SMILES string of the molecule is CN(Cc1ccc[nH]1)Cc1ccoc1C(=O)O. The molecular weight excluding hydrogens is 220 g/mol. The Kier molecular flexibility index (Phi) is 3.30. The third-order valence-electron chi connectivity index (χ3n) is 2.48. The second-order valence-corrected chi connectivity index (χ2v) is 3.95. The summed E-state index contributed by atoms with van der Waals surface area (Å²) in [4.78, 5) is 16.0. The number of carboxylic acid groups (broad SMARTS) is 1. The number of rotatable bonds is 5. The summed E-state index contributed by atoms with van der Waals surface area (Å²) in [6, 6.07) is 5.61. The highest BCUT2D eigenvalue weighted by Gasteiger charge is 2.15. The fourth-order valence-electron chi connectivity index (χ4n) is 1.75. The van der Waals surface area contributed by atoms with E-state index in [-0.39, 0.29) is 5.76 Å². The predicted molar refractivity (Wildman–Crippen MR) is 61.6 cm³/mol. The van der Waals surface area contributed by atoms with Crippen molar-refractivity contribution in [2.45, 2.75) is 13.1 Å². The smallest absolute Gasteiger partial charge is 0.372 e. The molecule has 0 unspecified atom stereocenters. The van der Waals surface area contributed by atoms with Crippen molar-refractivity contribution in [2.24, 2.45) is 0 Å². The van der Waals surface area contributed by atoms with E-state index < -0.39 is 5.97 Å². The van der Waals surface area contributed by atoms with Gasteiger partial charge in [0.1, 0.15) is 0 Å². The molecule has 0 bridgehead atoms. The average molecular weight is 234 g/mol. The predicted octanol–water partition coefficient (Wildman–Crippen LogP) is 1.94. The van der Waals surface area contributed by atoms with Gasteiger partial charge in [-0.3, -0.25) is 4.90 Å². The van der Waals surface area contributed by atoms with E-state index in [1.165, 1.54) is 6.26 Å². The molecule has 2 rings (SSSR count). The van der Waals surface area contributed by atoms with Crippen molar-refractivity contribution >= 4 is 5.97 Å². The first-order chi connectivity index (χ1) is 8.16. The first kappa shape index (κ1) is 11.5. The van der Waals surface area contributed by atoms with E-state index in [0.29, 0.717) is 12.1 Å². The number of carboxylic acids is 1. The Morgan fingerprint density at radius 1 is 1.47 bits per heavy atom. The molecule has 5 heteroatoms. The van der Waals surface area contributed by atoms with Gasteiger partial charge < -0.3 is 14.5 Å². The lowest BCUT2D eigenvalue weighted by atomic mass is 10.2. The average Bonchev–Trinajstić information content (AvgIpc) is 2.88. The van der Waals surface area contributed by atoms with Crippen LogP contribution in [0.25, 0.3) is 0 Å². The molecule has 0 aromatic carbocycles. The molecule has 0 aliphatic carbocycles. The molecule has 0 spiro atoms. The van der Waals surface area contributed by atoms with E-state index in [4.69, 9.17) is 9.52 Å². The van der Waals surface area contributed by atoms with Crippen LogP contribution in [0, 0.1) is 0 Å². The van der Waals surface area contributed by atoms with Gasteiger partial charge in [0.25, 0.3) is 0 Å². The zero-order valence-electron chi connectivity index (χ0n) is 9.51. The summed E-state index contributed by atoms with van der Waals surface area (Å²) in [5, 5.41) is 8.91. The van der Waals surface area contributed by atoms with Crippen LogP contribution >= 0.6 is 0 Å². The Morgan fingerprint density at radius 3 is 2.94 bits per heavy atom. The maximum atomic E-state index is 10.9. The Balaban J connectivity index is 2.00. The van der Waals surface area contributed by atoms with Gasteiger partial charge in [0.05, 0.1) is 6.26 Å². The molecule has 2 aromatic heterocycles. The second kappa shape index (κ2) is 4.88. The molecule has 17 heavy (non-hydrogen) atoms. The quantitative estimate of drug-likeness (QED) is 0.829. The molecule has 0 atom stereocenters. The molecule has 0 saturated carbocycles. The van der Waals surface area contributed by atoms with Gasteiger partial charge >= 0.3 is 5.97 Å². The lowest BCUT2D eigenvalue weighted by Crippen LogP contribution is -2.18. The Labute approximate surface area is 98.7 Å². The minimum Gasteiger partial charge on any atom is -0.475 e. The minimum absolute atomic E-state index is 0.0170. The summed E-state index contributed by atoms with van der Waals surface area (Å²) < 4.78 is 4.93. The van der Waals surface area contributed by atoms with Gasteiger partial charge in [0.2, 0.25) is 5.76 Å². The van der Waals surface area contributed by atoms with Crippen molar-refractivity contribution in [3.05, 3.63) is 47.7 Å². The van der Waals surface area contributed by atoms with Crippen LogP contribution in [0.5, 0.6) is 0 Å². The molecule has 0 aliphatic rings. The topological polar surface area (TPSA) is 69.5 Å². The maximum Gasteiger partial charge on any atom is 0.372 e. The molecule has 0 saturated heterocycles. The maximum absolute atomic E-state index is 10.9. The summed E-state index contributed by atoms with van der Waals surface area (Å²) >= 11 is 0. The van der Waals surface area contributed by atoms with Crippen LogP contribution in [-0.4, -0.2) is 28.0 Å². The third-order valence-corrected chi connectivity index (χ3v) is 2.48. The van der Waals surface area contributed by atoms with Crippen LogP contribution in [0.15, 0.2) is 35.1 Å². The molecule has 2 heterocycles. The van der Waals surface area contributed by atoms with Crippen molar-refractivity contribution in [3.63, 3.8) is 0 Å². The van der Waals surface area contributed by atoms with E-state index in [0.717, 1.165) is 12.2 Å². The summed E-state index contributed by atoms with van der Waals surface area (Å²) in [6.07, 6.45) is 3.27. The number of aromatic amines is 1. The van der Waals surface area contributed by atoms with Crippen molar-refractivity contribution in [1.29, 1.82) is 0 Å². The second-order valence-electron chi connectivity index (χ2n) is 3.95. The molecule has 0 fully saturated rings. The van der Waals surface area contributed by atoms with E-state index in [1.54, 1.807) is 6.07 Å². The standard InChI is InChI=1S/C12H14N2O3/c1-14(8-10-3-2-5-13-10)7-9-4-6-17-11(9)12(15)16/h2-6,13H,7-8H2,1H3,(H,15,16). The van der Waals surface area contributed by atoms with E-state index in [1.807, 2.05) is 30.3 Å². The number of hydrogen-bond donors (Lipinski definition) is 2. The van der Waals surface area contributed by atoms with Crippen LogP contribution in [0.3, 0.4) is 0 Å². The Bertz CT molecular complexity index is 488. The van der Waals surface area contributed by atoms with Crippen LogP contribution in [0.4, 0.5) is 0 Å². The lowest BCUT2D eigenvalue weighted by Gasteiger charge is -2.14. The van der Waals surface area contributed by atoms with Gasteiger partial charge in [-0.15, -0.1) is 0 Å². The number of aromatic carboxylic acids is 1. The lowest BCUT2D eigenvalue weighted by molar-refractivity contribution is 0.0659. The van der Waals surface area contributed by atoms with E-state index in [9.17, 15) is 4.79 Å². The fraction of sp³-hybridized carbons (Fsp3) is 0.250. The number of carbonyl (C=O) groups is 1. The molecule has 0 amide bonds. The number of furan rings is 1. The first-order valence-electron chi connectivity index (χ1n) is 5.27. The highest BCUT2D eigenvalue weighted by atomic mass is 16.4. The Morgan fingerprint density at radius 2 is 2.29 bits per heavy atom. The van der Waals surface area contributed by atoms with Gasteiger partial charge in [-0.25, -0.2) is 4.79 Å². The molecular formula is C12H14N2O3. The number of nitrogens with zero attached hydrogens (tertiary/aromatic N) is 1. The third kappa shape index (κ3) is 2.76. The summed E-state index contributed by atoms with van der Waals surface area (Å²) in [5.41, 5.74) is 1.78. The number of nitrogens with one attached hydrogen (secondary N) is 1. The van der Waals surface area contributed by atoms with Gasteiger partial charge in [-0.05, 0) is 25.2 Å². The van der Waals surface area contributed by atoms with Crippen LogP contribution in [-0.2, 0) is 13.1 Å². The van der Waals surface area contributed by atoms with Gasteiger partial charge in [-0.2, -0.15) is 0 Å². The van der Waals surface area contributed by atoms with Crippen LogP contribution < -0.4 is 0 Å². The van der Waals surface area contributed by atoms with Crippen molar-refractivity contribution < 1.29 is 14.3 Å². The fourth-order valence-corrected chi connectivity index (χ4v) is 1.75. The Hall–Kier alpha value is -2.01. The largest absolute Gasteiger partial charge is 0.475 e. The van der Waals surface area contributed by atoms with Crippen molar-refractivity contribution in [2.75, 3.05) is 7.05 Å². The first-order valence-corrected chi connectivity index (χ1v) is 5.27. The zero-order valence-corrected chi connectivity index (χ0v) is 9.51. The number of H-pyrrole nitrogens is 1. The monoisotopic (exact) mass is 234 g/mol. The molecule has 2 N–H and O–H groups in total. The minimum atomic E-state index is -1.03. The molecule has 5 nitrogen and oxygen atoms in total. The van der Waals surface area contributed by atoms with Crippen LogP contribution in [0.1, 0.15) is 21.8 Å². The van der Waals surface area contributed by atoms with Gasteiger partial charge in [0, 0.05) is 30.5 Å². The van der Waals surface area contributed by atoms with E-state index in [2.05, 4.69) is 4.98 Å². The highest BCUT2D eigenvalue weighted by Crippen LogP contribution is 2.13. The summed E-state index contributed by atoms with van der Waals surface area (Å²) in [5.74, 6) is -1.01. The van der Waals surface area contributed by atoms with E-state index >= 15 is 0 Å². The van der Waals surface area contributed by atoms with Crippen LogP contribution in [0.2, 0.25) is 0 Å². The number of hydrogen-bond acceptors (Lipinski definition) is 3. The normalized spacial score (nSPS) is 10.9. The number of aromatic nitrogens is 1. The van der Waals surface area contributed by atoms with Gasteiger partial charge in [0.15, 0.2) is 0 Å². The molecule has 0 radical (unpaired) electrons. The molecule has 2 aromatic rings. The van der Waals surface area contributed by atoms with Gasteiger partial charge in [-0.1, -0.05) is 0 Å². The highest BCUT2D eigenvalue weighted by molar-refractivity contribution is 5.86. The summed E-state index contributed by atoms with van der Waals surface area (Å²) in [7, 11) is 1.93. The molecule has 0 aliphatic heterocycles. The summed E-state index contributed by atoms with van der Waals surface area (Å²) in [6.45, 7) is 1.27.